The Morgan fingerprint density at radius 1 is 1.35 bits per heavy atom. The maximum Gasteiger partial charge on any atom is 0.224 e. The molecule has 0 saturated carbocycles. The minimum atomic E-state index is -0.0610. The van der Waals surface area contributed by atoms with Crippen molar-refractivity contribution in [2.45, 2.75) is 33.4 Å². The van der Waals surface area contributed by atoms with E-state index >= 15 is 0 Å². The lowest BCUT2D eigenvalue weighted by atomic mass is 10.1. The number of amides is 1. The summed E-state index contributed by atoms with van der Waals surface area (Å²) < 4.78 is 0. The van der Waals surface area contributed by atoms with Crippen molar-refractivity contribution in [2.24, 2.45) is 5.92 Å². The summed E-state index contributed by atoms with van der Waals surface area (Å²) in [4.78, 5) is 18.0. The summed E-state index contributed by atoms with van der Waals surface area (Å²) >= 11 is 0. The number of pyridine rings is 1. The van der Waals surface area contributed by atoms with E-state index in [0.29, 0.717) is 12.6 Å². The second-order valence-electron chi connectivity index (χ2n) is 5.46. The standard InChI is InChI=1S/C15H26N4O/c1-11(2)17-8-13-6-7-14(18-9-13)19(5)10-12(3)15(20)16-4/h6-7,9,11-12,17H,8,10H2,1-5H3,(H,16,20). The fourth-order valence-electron chi connectivity index (χ4n) is 1.90. The van der Waals surface area contributed by atoms with Gasteiger partial charge in [-0.05, 0) is 11.6 Å². The molecule has 0 saturated heterocycles. The SMILES string of the molecule is CNC(=O)C(C)CN(C)c1ccc(CNC(C)C)cn1. The summed E-state index contributed by atoms with van der Waals surface area (Å²) in [6, 6.07) is 4.53. The maximum atomic E-state index is 11.5. The number of nitrogens with zero attached hydrogens (tertiary/aromatic N) is 2. The molecule has 1 aromatic heterocycles. The molecule has 0 bridgehead atoms. The van der Waals surface area contributed by atoms with E-state index < -0.39 is 0 Å². The fraction of sp³-hybridized carbons (Fsp3) is 0.600. The van der Waals surface area contributed by atoms with Crippen LogP contribution in [0.2, 0.25) is 0 Å². The molecule has 0 aliphatic rings. The van der Waals surface area contributed by atoms with E-state index in [4.69, 9.17) is 0 Å². The van der Waals surface area contributed by atoms with Crippen molar-refractivity contribution in [3.63, 3.8) is 0 Å². The highest BCUT2D eigenvalue weighted by Gasteiger charge is 2.14. The summed E-state index contributed by atoms with van der Waals surface area (Å²) in [6.07, 6.45) is 1.88. The van der Waals surface area contributed by atoms with Crippen LogP contribution in [0.15, 0.2) is 18.3 Å². The monoisotopic (exact) mass is 278 g/mol. The first-order chi connectivity index (χ1) is 9.43. The van der Waals surface area contributed by atoms with Crippen LogP contribution in [0, 0.1) is 5.92 Å². The van der Waals surface area contributed by atoms with E-state index in [1.807, 2.05) is 31.1 Å². The quantitative estimate of drug-likeness (QED) is 0.791. The van der Waals surface area contributed by atoms with Crippen LogP contribution < -0.4 is 15.5 Å². The first-order valence-electron chi connectivity index (χ1n) is 7.05. The number of hydrogen-bond acceptors (Lipinski definition) is 4. The number of rotatable bonds is 7. The number of anilines is 1. The molecule has 20 heavy (non-hydrogen) atoms. The van der Waals surface area contributed by atoms with Crippen molar-refractivity contribution in [2.75, 3.05) is 25.5 Å². The second-order valence-corrected chi connectivity index (χ2v) is 5.46. The van der Waals surface area contributed by atoms with E-state index in [2.05, 4.69) is 35.5 Å². The van der Waals surface area contributed by atoms with Crippen LogP contribution in [0.4, 0.5) is 5.82 Å². The van der Waals surface area contributed by atoms with Crippen molar-refractivity contribution in [3.05, 3.63) is 23.9 Å². The van der Waals surface area contributed by atoms with Crippen LogP contribution in [-0.4, -0.2) is 37.6 Å². The van der Waals surface area contributed by atoms with Crippen molar-refractivity contribution in [3.8, 4) is 0 Å². The number of nitrogens with one attached hydrogen (secondary N) is 2. The van der Waals surface area contributed by atoms with Gasteiger partial charge in [0, 0.05) is 39.4 Å². The van der Waals surface area contributed by atoms with Gasteiger partial charge in [0.2, 0.25) is 5.91 Å². The molecule has 1 heterocycles. The first-order valence-corrected chi connectivity index (χ1v) is 7.05. The Hall–Kier alpha value is -1.62. The number of hydrogen-bond donors (Lipinski definition) is 2. The van der Waals surface area contributed by atoms with Gasteiger partial charge >= 0.3 is 0 Å². The van der Waals surface area contributed by atoms with Crippen molar-refractivity contribution in [1.29, 1.82) is 0 Å². The zero-order valence-corrected chi connectivity index (χ0v) is 13.1. The van der Waals surface area contributed by atoms with Gasteiger partial charge in [-0.25, -0.2) is 4.98 Å². The van der Waals surface area contributed by atoms with Crippen molar-refractivity contribution in [1.82, 2.24) is 15.6 Å². The van der Waals surface area contributed by atoms with Gasteiger partial charge in [0.25, 0.3) is 0 Å². The Kier molecular flexibility index (Phi) is 6.45. The van der Waals surface area contributed by atoms with E-state index in [0.717, 1.165) is 17.9 Å². The molecule has 1 amide bonds. The minimum Gasteiger partial charge on any atom is -0.359 e. The highest BCUT2D eigenvalue weighted by molar-refractivity contribution is 5.78. The molecule has 0 fully saturated rings. The van der Waals surface area contributed by atoms with Gasteiger partial charge in [-0.1, -0.05) is 26.8 Å². The molecule has 0 aromatic carbocycles. The average Bonchev–Trinajstić information content (AvgIpc) is 2.44. The van der Waals surface area contributed by atoms with Crippen LogP contribution in [-0.2, 0) is 11.3 Å². The molecule has 5 nitrogen and oxygen atoms in total. The molecule has 1 unspecified atom stereocenters. The third kappa shape index (κ3) is 5.17. The summed E-state index contributed by atoms with van der Waals surface area (Å²) in [6.45, 7) is 7.63. The largest absolute Gasteiger partial charge is 0.359 e. The van der Waals surface area contributed by atoms with Crippen molar-refractivity contribution < 1.29 is 4.79 Å². The summed E-state index contributed by atoms with van der Waals surface area (Å²) in [5.74, 6) is 0.873. The zero-order valence-electron chi connectivity index (χ0n) is 13.1. The van der Waals surface area contributed by atoms with Gasteiger partial charge in [0.15, 0.2) is 0 Å². The molecule has 0 aliphatic heterocycles. The van der Waals surface area contributed by atoms with E-state index in [9.17, 15) is 4.79 Å². The molecule has 0 aliphatic carbocycles. The topological polar surface area (TPSA) is 57.3 Å². The molecular weight excluding hydrogens is 252 g/mol. The van der Waals surface area contributed by atoms with Crippen LogP contribution in [0.3, 0.4) is 0 Å². The third-order valence-electron chi connectivity index (χ3n) is 3.16. The van der Waals surface area contributed by atoms with Gasteiger partial charge in [0.05, 0.1) is 5.92 Å². The molecule has 1 rings (SSSR count). The van der Waals surface area contributed by atoms with E-state index in [-0.39, 0.29) is 11.8 Å². The molecule has 1 aromatic rings. The lowest BCUT2D eigenvalue weighted by molar-refractivity contribution is -0.123. The fourth-order valence-corrected chi connectivity index (χ4v) is 1.90. The Morgan fingerprint density at radius 2 is 2.05 bits per heavy atom. The lowest BCUT2D eigenvalue weighted by Crippen LogP contribution is -2.34. The van der Waals surface area contributed by atoms with E-state index in [1.165, 1.54) is 0 Å². The molecular formula is C15H26N4O. The predicted molar refractivity (Wildman–Crippen MR) is 82.7 cm³/mol. The average molecular weight is 278 g/mol. The van der Waals surface area contributed by atoms with Gasteiger partial charge in [-0.3, -0.25) is 4.79 Å². The smallest absolute Gasteiger partial charge is 0.224 e. The normalized spacial score (nSPS) is 12.3. The Morgan fingerprint density at radius 3 is 2.55 bits per heavy atom. The highest BCUT2D eigenvalue weighted by Crippen LogP contribution is 2.11. The van der Waals surface area contributed by atoms with Gasteiger partial charge in [-0.15, -0.1) is 0 Å². The molecule has 1 atom stereocenters. The molecule has 2 N–H and O–H groups in total. The summed E-state index contributed by atoms with van der Waals surface area (Å²) in [5, 5.41) is 6.02. The maximum absolute atomic E-state index is 11.5. The molecule has 0 spiro atoms. The van der Waals surface area contributed by atoms with Crippen LogP contribution >= 0.6 is 0 Å². The Balaban J connectivity index is 2.57. The van der Waals surface area contributed by atoms with Gasteiger partial charge in [-0.2, -0.15) is 0 Å². The first kappa shape index (κ1) is 16.4. The van der Waals surface area contributed by atoms with E-state index in [1.54, 1.807) is 7.05 Å². The Labute approximate surface area is 121 Å². The zero-order chi connectivity index (χ0) is 15.1. The van der Waals surface area contributed by atoms with Gasteiger partial charge in [0.1, 0.15) is 5.82 Å². The van der Waals surface area contributed by atoms with Crippen LogP contribution in [0.5, 0.6) is 0 Å². The second kappa shape index (κ2) is 7.85. The van der Waals surface area contributed by atoms with Crippen LogP contribution in [0.25, 0.3) is 0 Å². The molecule has 112 valence electrons. The van der Waals surface area contributed by atoms with Gasteiger partial charge < -0.3 is 15.5 Å². The summed E-state index contributed by atoms with van der Waals surface area (Å²) in [5.41, 5.74) is 1.16. The lowest BCUT2D eigenvalue weighted by Gasteiger charge is -2.21. The van der Waals surface area contributed by atoms with Crippen molar-refractivity contribution >= 4 is 11.7 Å². The highest BCUT2D eigenvalue weighted by atomic mass is 16.1. The molecule has 0 radical (unpaired) electrons. The number of aromatic nitrogens is 1. The number of carbonyl (C=O) groups excluding carboxylic acids is 1. The van der Waals surface area contributed by atoms with Crippen LogP contribution in [0.1, 0.15) is 26.3 Å². The minimum absolute atomic E-state index is 0.0506. The summed E-state index contributed by atoms with van der Waals surface area (Å²) in [7, 11) is 3.61. The predicted octanol–water partition coefficient (Wildman–Crippen LogP) is 1.40. The molecule has 5 heteroatoms. The number of carbonyl (C=O) groups is 1. The Bertz CT molecular complexity index is 416. The third-order valence-corrected chi connectivity index (χ3v) is 3.16.